The van der Waals surface area contributed by atoms with Crippen molar-refractivity contribution >= 4 is 5.91 Å². The number of aryl methyl sites for hydroxylation is 2. The Kier molecular flexibility index (Phi) is 5.54. The van der Waals surface area contributed by atoms with Crippen molar-refractivity contribution in [3.05, 3.63) is 34.4 Å². The summed E-state index contributed by atoms with van der Waals surface area (Å²) in [6.07, 6.45) is 0.249. The largest absolute Gasteiger partial charge is 0.408 e. The number of amides is 1. The lowest BCUT2D eigenvalue weighted by atomic mass is 9.93. The summed E-state index contributed by atoms with van der Waals surface area (Å²) in [5.74, 6) is -0.216. The molecule has 1 aliphatic rings. The Labute approximate surface area is 162 Å². The van der Waals surface area contributed by atoms with Crippen LogP contribution in [0.15, 0.2) is 6.20 Å². The molecule has 0 spiro atoms. The Morgan fingerprint density at radius 1 is 1.36 bits per heavy atom. The quantitative estimate of drug-likeness (QED) is 0.839. The number of fused-ring (bicyclic) bond motifs is 1. The van der Waals surface area contributed by atoms with Crippen LogP contribution in [0.5, 0.6) is 0 Å². The molecule has 0 saturated carbocycles. The lowest BCUT2D eigenvalue weighted by Crippen LogP contribution is -2.34. The number of carbonyl (C=O) groups excluding carboxylic acids is 1. The molecule has 0 aromatic carbocycles. The van der Waals surface area contributed by atoms with Crippen LogP contribution >= 0.6 is 0 Å². The van der Waals surface area contributed by atoms with Gasteiger partial charge >= 0.3 is 6.18 Å². The second-order valence-electron chi connectivity index (χ2n) is 7.70. The van der Waals surface area contributed by atoms with Gasteiger partial charge in [0.2, 0.25) is 5.91 Å². The van der Waals surface area contributed by atoms with Crippen molar-refractivity contribution in [3.63, 3.8) is 0 Å². The summed E-state index contributed by atoms with van der Waals surface area (Å²) in [5.41, 5.74) is 3.57. The van der Waals surface area contributed by atoms with Gasteiger partial charge in [-0.1, -0.05) is 0 Å². The zero-order valence-corrected chi connectivity index (χ0v) is 16.6. The van der Waals surface area contributed by atoms with Crippen LogP contribution < -0.4 is 5.32 Å². The number of nitrogens with one attached hydrogen (secondary N) is 1. The molecule has 1 aliphatic carbocycles. The highest BCUT2D eigenvalue weighted by Crippen LogP contribution is 2.31. The Hall–Kier alpha value is -2.32. The van der Waals surface area contributed by atoms with E-state index in [1.165, 1.54) is 0 Å². The first-order chi connectivity index (χ1) is 13.1. The predicted octanol–water partition coefficient (Wildman–Crippen LogP) is 3.58. The van der Waals surface area contributed by atoms with Gasteiger partial charge in [-0.15, -0.1) is 0 Å². The van der Waals surface area contributed by atoms with Crippen LogP contribution in [0.3, 0.4) is 0 Å². The number of aromatic nitrogens is 4. The molecule has 0 radical (unpaired) electrons. The molecule has 0 saturated heterocycles. The van der Waals surface area contributed by atoms with Gasteiger partial charge in [0, 0.05) is 17.3 Å². The molecule has 1 amide bonds. The van der Waals surface area contributed by atoms with Gasteiger partial charge in [-0.05, 0) is 52.5 Å². The molecule has 2 heterocycles. The van der Waals surface area contributed by atoms with E-state index in [2.05, 4.69) is 15.5 Å². The number of halogens is 3. The molecule has 1 atom stereocenters. The van der Waals surface area contributed by atoms with E-state index in [-0.39, 0.29) is 24.4 Å². The van der Waals surface area contributed by atoms with E-state index in [0.717, 1.165) is 35.2 Å². The fourth-order valence-electron chi connectivity index (χ4n) is 3.89. The standard InChI is InChI=1S/C19H26F3N5O/c1-11(2)27-18-14(9-23-27)6-5-7-16(18)24-17(28)8-15-12(3)25-26(13(15)4)10-19(20,21)22/h9,11,16H,5-8,10H2,1-4H3,(H,24,28). The van der Waals surface area contributed by atoms with Crippen molar-refractivity contribution in [1.82, 2.24) is 24.9 Å². The Morgan fingerprint density at radius 3 is 2.71 bits per heavy atom. The highest BCUT2D eigenvalue weighted by Gasteiger charge is 2.31. The van der Waals surface area contributed by atoms with E-state index >= 15 is 0 Å². The van der Waals surface area contributed by atoms with Crippen LogP contribution in [-0.2, 0) is 24.2 Å². The van der Waals surface area contributed by atoms with Crippen molar-refractivity contribution in [2.45, 2.75) is 78.2 Å². The van der Waals surface area contributed by atoms with Gasteiger partial charge in [0.05, 0.1) is 30.0 Å². The number of nitrogens with zero attached hydrogens (tertiary/aromatic N) is 4. The van der Waals surface area contributed by atoms with E-state index in [4.69, 9.17) is 0 Å². The van der Waals surface area contributed by atoms with E-state index in [0.29, 0.717) is 17.0 Å². The van der Waals surface area contributed by atoms with E-state index in [1.807, 2.05) is 24.7 Å². The fourth-order valence-corrected chi connectivity index (χ4v) is 3.89. The molecule has 1 N–H and O–H groups in total. The zero-order chi connectivity index (χ0) is 20.6. The lowest BCUT2D eigenvalue weighted by molar-refractivity contribution is -0.143. The molecule has 0 aliphatic heterocycles. The number of alkyl halides is 3. The number of hydrogen-bond acceptors (Lipinski definition) is 3. The summed E-state index contributed by atoms with van der Waals surface area (Å²) >= 11 is 0. The van der Waals surface area contributed by atoms with Crippen LogP contribution in [0, 0.1) is 13.8 Å². The van der Waals surface area contributed by atoms with Crippen molar-refractivity contribution in [1.29, 1.82) is 0 Å². The molecule has 2 aromatic rings. The lowest BCUT2D eigenvalue weighted by Gasteiger charge is -2.26. The molecule has 3 rings (SSSR count). The molecule has 6 nitrogen and oxygen atoms in total. The second kappa shape index (κ2) is 7.60. The third-order valence-corrected chi connectivity index (χ3v) is 5.20. The van der Waals surface area contributed by atoms with Gasteiger partial charge in [-0.2, -0.15) is 23.4 Å². The highest BCUT2D eigenvalue weighted by molar-refractivity contribution is 5.79. The zero-order valence-electron chi connectivity index (χ0n) is 16.6. The summed E-state index contributed by atoms with van der Waals surface area (Å²) in [4.78, 5) is 12.7. The maximum atomic E-state index is 12.7. The van der Waals surface area contributed by atoms with Crippen molar-refractivity contribution in [2.24, 2.45) is 0 Å². The van der Waals surface area contributed by atoms with Crippen LogP contribution in [0.4, 0.5) is 13.2 Å². The van der Waals surface area contributed by atoms with Gasteiger partial charge in [-0.25, -0.2) is 0 Å². The fraction of sp³-hybridized carbons (Fsp3) is 0.632. The second-order valence-corrected chi connectivity index (χ2v) is 7.70. The molecule has 154 valence electrons. The third-order valence-electron chi connectivity index (χ3n) is 5.20. The number of hydrogen-bond donors (Lipinski definition) is 1. The molecular formula is C19H26F3N5O. The van der Waals surface area contributed by atoms with Crippen molar-refractivity contribution < 1.29 is 18.0 Å². The predicted molar refractivity (Wildman–Crippen MR) is 97.9 cm³/mol. The molecule has 1 unspecified atom stereocenters. The summed E-state index contributed by atoms with van der Waals surface area (Å²) in [6.45, 7) is 6.14. The van der Waals surface area contributed by atoms with Gasteiger partial charge in [-0.3, -0.25) is 14.2 Å². The van der Waals surface area contributed by atoms with Crippen molar-refractivity contribution in [3.8, 4) is 0 Å². The van der Waals surface area contributed by atoms with Gasteiger partial charge < -0.3 is 5.32 Å². The minimum Gasteiger partial charge on any atom is -0.347 e. The minimum atomic E-state index is -4.35. The summed E-state index contributed by atoms with van der Waals surface area (Å²) in [6, 6.07) is 0.0540. The van der Waals surface area contributed by atoms with Gasteiger partial charge in [0.1, 0.15) is 6.54 Å². The minimum absolute atomic E-state index is 0.0111. The van der Waals surface area contributed by atoms with Gasteiger partial charge in [0.15, 0.2) is 0 Å². The number of rotatable bonds is 5. The monoisotopic (exact) mass is 397 g/mol. The third kappa shape index (κ3) is 4.23. The number of carbonyl (C=O) groups is 1. The van der Waals surface area contributed by atoms with E-state index in [1.54, 1.807) is 13.8 Å². The Balaban J connectivity index is 1.75. The smallest absolute Gasteiger partial charge is 0.347 e. The molecule has 0 bridgehead atoms. The molecule has 0 fully saturated rings. The maximum absolute atomic E-state index is 12.7. The molecule has 2 aromatic heterocycles. The van der Waals surface area contributed by atoms with Crippen LogP contribution in [-0.4, -0.2) is 31.6 Å². The summed E-state index contributed by atoms with van der Waals surface area (Å²) < 4.78 is 41.0. The average Bonchev–Trinajstić information content (AvgIpc) is 3.11. The van der Waals surface area contributed by atoms with E-state index < -0.39 is 12.7 Å². The molecule has 9 heteroatoms. The van der Waals surface area contributed by atoms with Crippen LogP contribution in [0.1, 0.15) is 67.0 Å². The highest BCUT2D eigenvalue weighted by atomic mass is 19.4. The average molecular weight is 397 g/mol. The Bertz CT molecular complexity index is 866. The van der Waals surface area contributed by atoms with E-state index in [9.17, 15) is 18.0 Å². The van der Waals surface area contributed by atoms with Gasteiger partial charge in [0.25, 0.3) is 0 Å². The molecular weight excluding hydrogens is 371 g/mol. The summed E-state index contributed by atoms with van der Waals surface area (Å²) in [7, 11) is 0. The first-order valence-electron chi connectivity index (χ1n) is 9.52. The maximum Gasteiger partial charge on any atom is 0.408 e. The van der Waals surface area contributed by atoms with Crippen LogP contribution in [0.25, 0.3) is 0 Å². The Morgan fingerprint density at radius 2 is 2.07 bits per heavy atom. The topological polar surface area (TPSA) is 64.7 Å². The first kappa shape index (κ1) is 20.4. The normalized spacial score (nSPS) is 17.1. The summed E-state index contributed by atoms with van der Waals surface area (Å²) in [5, 5.41) is 11.5. The first-order valence-corrected chi connectivity index (χ1v) is 9.52. The molecule has 28 heavy (non-hydrogen) atoms. The van der Waals surface area contributed by atoms with Crippen molar-refractivity contribution in [2.75, 3.05) is 0 Å². The van der Waals surface area contributed by atoms with Crippen LogP contribution in [0.2, 0.25) is 0 Å². The SMILES string of the molecule is Cc1nn(CC(F)(F)F)c(C)c1CC(=O)NC1CCCc2cnn(C(C)C)c21.